The first-order valence-electron chi connectivity index (χ1n) is 5.28. The van der Waals surface area contributed by atoms with E-state index < -0.39 is 11.8 Å². The van der Waals surface area contributed by atoms with Crippen LogP contribution in [0.15, 0.2) is 36.4 Å². The minimum Gasteiger partial charge on any atom is -0.478 e. The Bertz CT molecular complexity index is 621. The molecule has 2 rings (SSSR count). The van der Waals surface area contributed by atoms with Gasteiger partial charge in [-0.1, -0.05) is 6.07 Å². The SMILES string of the molecule is Cc1cc(-c2cc(C(=O)O)ccc2F)ccc1F. The Hall–Kier alpha value is -2.23. The second-order valence-electron chi connectivity index (χ2n) is 3.96. The van der Waals surface area contributed by atoms with E-state index in [1.54, 1.807) is 6.92 Å². The molecule has 0 aliphatic rings. The van der Waals surface area contributed by atoms with E-state index in [2.05, 4.69) is 0 Å². The molecule has 1 N–H and O–H groups in total. The van der Waals surface area contributed by atoms with Crippen molar-refractivity contribution < 1.29 is 18.7 Å². The van der Waals surface area contributed by atoms with Crippen LogP contribution in [0.3, 0.4) is 0 Å². The fourth-order valence-corrected chi connectivity index (χ4v) is 1.69. The van der Waals surface area contributed by atoms with Crippen molar-refractivity contribution in [3.63, 3.8) is 0 Å². The highest BCUT2D eigenvalue weighted by molar-refractivity contribution is 5.89. The molecule has 0 heterocycles. The van der Waals surface area contributed by atoms with Crippen LogP contribution in [0.2, 0.25) is 0 Å². The molecule has 18 heavy (non-hydrogen) atoms. The molecular formula is C14H10F2O2. The van der Waals surface area contributed by atoms with Crippen LogP contribution < -0.4 is 0 Å². The van der Waals surface area contributed by atoms with Crippen molar-refractivity contribution in [1.29, 1.82) is 0 Å². The number of aryl methyl sites for hydroxylation is 1. The van der Waals surface area contributed by atoms with Crippen LogP contribution in [0.5, 0.6) is 0 Å². The summed E-state index contributed by atoms with van der Waals surface area (Å²) in [7, 11) is 0. The van der Waals surface area contributed by atoms with Gasteiger partial charge in [-0.2, -0.15) is 0 Å². The lowest BCUT2D eigenvalue weighted by atomic mass is 10.0. The lowest BCUT2D eigenvalue weighted by Crippen LogP contribution is -1.98. The summed E-state index contributed by atoms with van der Waals surface area (Å²) in [5, 5.41) is 8.86. The summed E-state index contributed by atoms with van der Waals surface area (Å²) in [6, 6.07) is 7.67. The second kappa shape index (κ2) is 4.56. The van der Waals surface area contributed by atoms with E-state index in [-0.39, 0.29) is 16.9 Å². The first-order valence-corrected chi connectivity index (χ1v) is 5.28. The standard InChI is InChI=1S/C14H10F2O2/c1-8-6-9(2-4-12(8)15)11-7-10(14(17)18)3-5-13(11)16/h2-7H,1H3,(H,17,18). The Morgan fingerprint density at radius 2 is 1.72 bits per heavy atom. The third-order valence-corrected chi connectivity index (χ3v) is 2.68. The van der Waals surface area contributed by atoms with Crippen LogP contribution in [0, 0.1) is 18.6 Å². The molecule has 2 aromatic rings. The topological polar surface area (TPSA) is 37.3 Å². The average Bonchev–Trinajstić information content (AvgIpc) is 2.33. The fourth-order valence-electron chi connectivity index (χ4n) is 1.69. The highest BCUT2D eigenvalue weighted by Gasteiger charge is 2.11. The summed E-state index contributed by atoms with van der Waals surface area (Å²) >= 11 is 0. The maximum absolute atomic E-state index is 13.7. The number of benzene rings is 2. The van der Waals surface area contributed by atoms with E-state index in [9.17, 15) is 13.6 Å². The quantitative estimate of drug-likeness (QED) is 0.880. The van der Waals surface area contributed by atoms with Gasteiger partial charge in [0, 0.05) is 5.56 Å². The molecule has 92 valence electrons. The van der Waals surface area contributed by atoms with E-state index in [1.165, 1.54) is 30.3 Å². The van der Waals surface area contributed by atoms with Crippen molar-refractivity contribution in [2.45, 2.75) is 6.92 Å². The van der Waals surface area contributed by atoms with Gasteiger partial charge in [-0.25, -0.2) is 13.6 Å². The number of rotatable bonds is 2. The molecule has 2 aromatic carbocycles. The van der Waals surface area contributed by atoms with Crippen LogP contribution in [0.25, 0.3) is 11.1 Å². The summed E-state index contributed by atoms with van der Waals surface area (Å²) in [5.41, 5.74) is 0.980. The average molecular weight is 248 g/mol. The third-order valence-electron chi connectivity index (χ3n) is 2.68. The van der Waals surface area contributed by atoms with Gasteiger partial charge in [0.05, 0.1) is 5.56 Å². The number of hydrogen-bond acceptors (Lipinski definition) is 1. The molecule has 0 radical (unpaired) electrons. The summed E-state index contributed by atoms with van der Waals surface area (Å²) < 4.78 is 26.8. The van der Waals surface area contributed by atoms with Crippen LogP contribution in [-0.2, 0) is 0 Å². The van der Waals surface area contributed by atoms with Crippen molar-refractivity contribution in [2.24, 2.45) is 0 Å². The monoisotopic (exact) mass is 248 g/mol. The van der Waals surface area contributed by atoms with Gasteiger partial charge in [-0.05, 0) is 48.4 Å². The lowest BCUT2D eigenvalue weighted by Gasteiger charge is -2.06. The van der Waals surface area contributed by atoms with E-state index >= 15 is 0 Å². The molecule has 0 bridgehead atoms. The Balaban J connectivity index is 2.58. The largest absolute Gasteiger partial charge is 0.478 e. The minimum atomic E-state index is -1.13. The van der Waals surface area contributed by atoms with Crippen LogP contribution in [-0.4, -0.2) is 11.1 Å². The van der Waals surface area contributed by atoms with Crippen LogP contribution in [0.1, 0.15) is 15.9 Å². The molecule has 0 saturated carbocycles. The molecular weight excluding hydrogens is 238 g/mol. The number of carboxylic acids is 1. The van der Waals surface area contributed by atoms with Gasteiger partial charge in [-0.15, -0.1) is 0 Å². The molecule has 0 saturated heterocycles. The predicted octanol–water partition coefficient (Wildman–Crippen LogP) is 3.64. The van der Waals surface area contributed by atoms with Gasteiger partial charge >= 0.3 is 5.97 Å². The van der Waals surface area contributed by atoms with Gasteiger partial charge in [0.2, 0.25) is 0 Å². The number of carbonyl (C=O) groups is 1. The summed E-state index contributed by atoms with van der Waals surface area (Å²) in [6.07, 6.45) is 0. The molecule has 0 atom stereocenters. The van der Waals surface area contributed by atoms with Gasteiger partial charge in [0.25, 0.3) is 0 Å². The van der Waals surface area contributed by atoms with Crippen molar-refractivity contribution in [3.05, 3.63) is 59.2 Å². The third kappa shape index (κ3) is 2.22. The molecule has 0 aliphatic carbocycles. The maximum atomic E-state index is 13.7. The molecule has 0 amide bonds. The van der Waals surface area contributed by atoms with Crippen molar-refractivity contribution in [2.75, 3.05) is 0 Å². The molecule has 4 heteroatoms. The Kier molecular flexibility index (Phi) is 3.10. The lowest BCUT2D eigenvalue weighted by molar-refractivity contribution is 0.0697. The fraction of sp³-hybridized carbons (Fsp3) is 0.0714. The summed E-state index contributed by atoms with van der Waals surface area (Å²) in [6.45, 7) is 1.57. The molecule has 0 spiro atoms. The maximum Gasteiger partial charge on any atom is 0.335 e. The summed E-state index contributed by atoms with van der Waals surface area (Å²) in [4.78, 5) is 10.8. The van der Waals surface area contributed by atoms with E-state index in [4.69, 9.17) is 5.11 Å². The zero-order valence-electron chi connectivity index (χ0n) is 9.58. The smallest absolute Gasteiger partial charge is 0.335 e. The molecule has 0 aliphatic heterocycles. The second-order valence-corrected chi connectivity index (χ2v) is 3.96. The van der Waals surface area contributed by atoms with Gasteiger partial charge in [-0.3, -0.25) is 0 Å². The number of halogens is 2. The molecule has 0 unspecified atom stereocenters. The zero-order chi connectivity index (χ0) is 13.3. The molecule has 0 fully saturated rings. The highest BCUT2D eigenvalue weighted by Crippen LogP contribution is 2.25. The van der Waals surface area contributed by atoms with Crippen LogP contribution >= 0.6 is 0 Å². The first kappa shape index (κ1) is 12.2. The van der Waals surface area contributed by atoms with E-state index in [1.807, 2.05) is 0 Å². The number of hydrogen-bond donors (Lipinski definition) is 1. The first-order chi connectivity index (χ1) is 8.49. The van der Waals surface area contributed by atoms with Crippen molar-refractivity contribution in [1.82, 2.24) is 0 Å². The number of carboxylic acid groups (broad SMARTS) is 1. The van der Waals surface area contributed by atoms with Gasteiger partial charge in [0.1, 0.15) is 11.6 Å². The highest BCUT2D eigenvalue weighted by atomic mass is 19.1. The molecule has 0 aromatic heterocycles. The van der Waals surface area contributed by atoms with Gasteiger partial charge < -0.3 is 5.11 Å². The number of aromatic carboxylic acids is 1. The Morgan fingerprint density at radius 1 is 1.06 bits per heavy atom. The van der Waals surface area contributed by atoms with E-state index in [0.29, 0.717) is 11.1 Å². The normalized spacial score (nSPS) is 10.4. The van der Waals surface area contributed by atoms with E-state index in [0.717, 1.165) is 6.07 Å². The zero-order valence-corrected chi connectivity index (χ0v) is 9.58. The predicted molar refractivity (Wildman–Crippen MR) is 63.5 cm³/mol. The Morgan fingerprint density at radius 3 is 2.33 bits per heavy atom. The van der Waals surface area contributed by atoms with Crippen molar-refractivity contribution >= 4 is 5.97 Å². The molecule has 2 nitrogen and oxygen atoms in total. The van der Waals surface area contributed by atoms with Gasteiger partial charge in [0.15, 0.2) is 0 Å². The van der Waals surface area contributed by atoms with Crippen LogP contribution in [0.4, 0.5) is 8.78 Å². The summed E-state index contributed by atoms with van der Waals surface area (Å²) in [5.74, 6) is -2.05. The minimum absolute atomic E-state index is 0.00613. The van der Waals surface area contributed by atoms with Crippen molar-refractivity contribution in [3.8, 4) is 11.1 Å². The Labute approximate surface area is 103 Å².